The summed E-state index contributed by atoms with van der Waals surface area (Å²) in [5.74, 6) is 0.488. The zero-order chi connectivity index (χ0) is 15.4. The molecule has 0 saturated carbocycles. The van der Waals surface area contributed by atoms with E-state index in [0.29, 0.717) is 25.3 Å². The van der Waals surface area contributed by atoms with Gasteiger partial charge in [0.2, 0.25) is 5.91 Å². The summed E-state index contributed by atoms with van der Waals surface area (Å²) in [6.07, 6.45) is 2.04. The Kier molecular flexibility index (Phi) is 4.81. The first-order valence-electron chi connectivity index (χ1n) is 7.25. The van der Waals surface area contributed by atoms with Crippen molar-refractivity contribution >= 4 is 5.91 Å². The Bertz CT molecular complexity index is 535. The number of carbonyl (C=O) groups excluding carboxylic acids is 1. The van der Waals surface area contributed by atoms with Crippen molar-refractivity contribution < 1.29 is 9.90 Å². The molecule has 1 fully saturated rings. The number of phenolic OH excluding ortho intramolecular Hbond substituents is 1. The number of rotatable bonds is 3. The van der Waals surface area contributed by atoms with Gasteiger partial charge in [0.15, 0.2) is 0 Å². The van der Waals surface area contributed by atoms with Gasteiger partial charge in [-0.05, 0) is 42.9 Å². The van der Waals surface area contributed by atoms with Gasteiger partial charge >= 0.3 is 0 Å². The molecule has 3 N–H and O–H groups in total. The van der Waals surface area contributed by atoms with Crippen molar-refractivity contribution in [3.8, 4) is 11.8 Å². The minimum Gasteiger partial charge on any atom is -0.508 e. The molecule has 3 atom stereocenters. The molecule has 1 saturated heterocycles. The van der Waals surface area contributed by atoms with E-state index >= 15 is 0 Å². The molecule has 0 aromatic heterocycles. The number of nitriles is 1. The van der Waals surface area contributed by atoms with Crippen LogP contribution >= 0.6 is 0 Å². The summed E-state index contributed by atoms with van der Waals surface area (Å²) in [5, 5.41) is 18.5. The van der Waals surface area contributed by atoms with Crippen LogP contribution in [0.15, 0.2) is 24.3 Å². The topological polar surface area (TPSA) is 90.3 Å². The van der Waals surface area contributed by atoms with Gasteiger partial charge in [0.1, 0.15) is 11.8 Å². The smallest absolute Gasteiger partial charge is 0.240 e. The van der Waals surface area contributed by atoms with Crippen LogP contribution in [0.1, 0.15) is 25.3 Å². The second-order valence-electron chi connectivity index (χ2n) is 5.78. The summed E-state index contributed by atoms with van der Waals surface area (Å²) in [6, 6.07) is 7.84. The van der Waals surface area contributed by atoms with Crippen LogP contribution in [0, 0.1) is 17.2 Å². The van der Waals surface area contributed by atoms with E-state index in [0.717, 1.165) is 12.0 Å². The summed E-state index contributed by atoms with van der Waals surface area (Å²) >= 11 is 0. The average Bonchev–Trinajstić information content (AvgIpc) is 2.48. The molecule has 1 amide bonds. The number of piperidine rings is 1. The number of carbonyl (C=O) groups is 1. The SMILES string of the molecule is C[C@H]1CCN(C(=O)[C@@H](N)Cc2ccc(O)cc2)[C@H](C#N)C1. The maximum absolute atomic E-state index is 12.4. The van der Waals surface area contributed by atoms with Gasteiger partial charge in [-0.25, -0.2) is 0 Å². The lowest BCUT2D eigenvalue weighted by molar-refractivity contribution is -0.135. The molecule has 21 heavy (non-hydrogen) atoms. The summed E-state index contributed by atoms with van der Waals surface area (Å²) in [4.78, 5) is 14.1. The highest BCUT2D eigenvalue weighted by Crippen LogP contribution is 2.23. The predicted octanol–water partition coefficient (Wildman–Crippen LogP) is 1.41. The van der Waals surface area contributed by atoms with Crippen molar-refractivity contribution in [1.29, 1.82) is 5.26 Å². The van der Waals surface area contributed by atoms with Gasteiger partial charge in [0.25, 0.3) is 0 Å². The van der Waals surface area contributed by atoms with E-state index < -0.39 is 6.04 Å². The minimum atomic E-state index is -0.654. The Labute approximate surface area is 125 Å². The first-order valence-corrected chi connectivity index (χ1v) is 7.25. The molecule has 5 nitrogen and oxygen atoms in total. The molecule has 0 radical (unpaired) electrons. The van der Waals surface area contributed by atoms with Crippen LogP contribution in [0.2, 0.25) is 0 Å². The highest BCUT2D eigenvalue weighted by Gasteiger charge is 2.32. The van der Waals surface area contributed by atoms with Crippen molar-refractivity contribution in [2.24, 2.45) is 11.7 Å². The molecular weight excluding hydrogens is 266 g/mol. The van der Waals surface area contributed by atoms with E-state index in [-0.39, 0.29) is 17.7 Å². The molecule has 0 bridgehead atoms. The summed E-state index contributed by atoms with van der Waals surface area (Å²) in [7, 11) is 0. The normalized spacial score (nSPS) is 23.4. The van der Waals surface area contributed by atoms with Crippen LogP contribution in [0.5, 0.6) is 5.75 Å². The van der Waals surface area contributed by atoms with Crippen LogP contribution in [0.3, 0.4) is 0 Å². The minimum absolute atomic E-state index is 0.165. The second-order valence-corrected chi connectivity index (χ2v) is 5.78. The Balaban J connectivity index is 2.01. The first kappa shape index (κ1) is 15.3. The molecule has 2 rings (SSSR count). The quantitative estimate of drug-likeness (QED) is 0.879. The van der Waals surface area contributed by atoms with Crippen molar-refractivity contribution in [2.45, 2.75) is 38.3 Å². The third kappa shape index (κ3) is 3.73. The summed E-state index contributed by atoms with van der Waals surface area (Å²) < 4.78 is 0. The maximum atomic E-state index is 12.4. The molecule has 1 heterocycles. The number of hydrogen-bond donors (Lipinski definition) is 2. The number of amides is 1. The lowest BCUT2D eigenvalue weighted by Gasteiger charge is -2.36. The first-order chi connectivity index (χ1) is 10.0. The molecule has 0 unspecified atom stereocenters. The number of nitrogens with two attached hydrogens (primary N) is 1. The summed E-state index contributed by atoms with van der Waals surface area (Å²) in [6.45, 7) is 2.70. The molecule has 1 aromatic rings. The lowest BCUT2D eigenvalue weighted by atomic mass is 9.92. The fourth-order valence-electron chi connectivity index (χ4n) is 2.71. The third-order valence-electron chi connectivity index (χ3n) is 4.01. The van der Waals surface area contributed by atoms with E-state index in [4.69, 9.17) is 5.73 Å². The molecule has 5 heteroatoms. The summed E-state index contributed by atoms with van der Waals surface area (Å²) in [5.41, 5.74) is 6.90. The number of hydrogen-bond acceptors (Lipinski definition) is 4. The standard InChI is InChI=1S/C16H21N3O2/c1-11-6-7-19(13(8-11)10-17)16(21)15(18)9-12-2-4-14(20)5-3-12/h2-5,11,13,15,20H,6-9,18H2,1H3/t11-,13-,15-/m0/s1. The van der Waals surface area contributed by atoms with Crippen LogP contribution in [0.25, 0.3) is 0 Å². The third-order valence-corrected chi connectivity index (χ3v) is 4.01. The Morgan fingerprint density at radius 3 is 2.81 bits per heavy atom. The van der Waals surface area contributed by atoms with Gasteiger partial charge in [-0.1, -0.05) is 19.1 Å². The van der Waals surface area contributed by atoms with Gasteiger partial charge in [-0.2, -0.15) is 5.26 Å². The van der Waals surface area contributed by atoms with Gasteiger partial charge in [-0.3, -0.25) is 4.79 Å². The Morgan fingerprint density at radius 2 is 2.19 bits per heavy atom. The highest BCUT2D eigenvalue weighted by atomic mass is 16.3. The zero-order valence-electron chi connectivity index (χ0n) is 12.2. The Hall–Kier alpha value is -2.06. The van der Waals surface area contributed by atoms with Crippen LogP contribution in [-0.2, 0) is 11.2 Å². The van der Waals surface area contributed by atoms with Crippen molar-refractivity contribution in [2.75, 3.05) is 6.54 Å². The second kappa shape index (κ2) is 6.59. The van der Waals surface area contributed by atoms with Crippen LogP contribution < -0.4 is 5.73 Å². The monoisotopic (exact) mass is 287 g/mol. The fourth-order valence-corrected chi connectivity index (χ4v) is 2.71. The van der Waals surface area contributed by atoms with E-state index in [2.05, 4.69) is 13.0 Å². The van der Waals surface area contributed by atoms with Gasteiger partial charge in [-0.15, -0.1) is 0 Å². The molecule has 1 aromatic carbocycles. The Morgan fingerprint density at radius 1 is 1.52 bits per heavy atom. The van der Waals surface area contributed by atoms with E-state index in [1.807, 2.05) is 0 Å². The number of aromatic hydroxyl groups is 1. The zero-order valence-corrected chi connectivity index (χ0v) is 12.2. The van der Waals surface area contributed by atoms with Crippen molar-refractivity contribution in [3.05, 3.63) is 29.8 Å². The highest BCUT2D eigenvalue weighted by molar-refractivity contribution is 5.82. The number of benzene rings is 1. The van der Waals surface area contributed by atoms with Gasteiger partial charge in [0.05, 0.1) is 12.1 Å². The van der Waals surface area contributed by atoms with Gasteiger partial charge < -0.3 is 15.7 Å². The number of nitrogens with zero attached hydrogens (tertiary/aromatic N) is 2. The predicted molar refractivity (Wildman–Crippen MR) is 79.3 cm³/mol. The van der Waals surface area contributed by atoms with E-state index in [9.17, 15) is 15.2 Å². The van der Waals surface area contributed by atoms with Crippen LogP contribution in [0.4, 0.5) is 0 Å². The molecule has 0 aliphatic carbocycles. The molecule has 1 aliphatic heterocycles. The molecule has 1 aliphatic rings. The van der Waals surface area contributed by atoms with Crippen molar-refractivity contribution in [3.63, 3.8) is 0 Å². The van der Waals surface area contributed by atoms with E-state index in [1.54, 1.807) is 29.2 Å². The number of likely N-dealkylation sites (tertiary alicyclic amines) is 1. The van der Waals surface area contributed by atoms with Crippen molar-refractivity contribution in [1.82, 2.24) is 4.90 Å². The molecule has 112 valence electrons. The van der Waals surface area contributed by atoms with Gasteiger partial charge in [0, 0.05) is 6.54 Å². The van der Waals surface area contributed by atoms with Crippen LogP contribution in [-0.4, -0.2) is 34.5 Å². The fraction of sp³-hybridized carbons (Fsp3) is 0.500. The molecule has 0 spiro atoms. The maximum Gasteiger partial charge on any atom is 0.240 e. The average molecular weight is 287 g/mol. The molecular formula is C16H21N3O2. The largest absolute Gasteiger partial charge is 0.508 e. The lowest BCUT2D eigenvalue weighted by Crippen LogP contribution is -2.52. The number of phenols is 1. The van der Waals surface area contributed by atoms with E-state index in [1.165, 1.54) is 0 Å².